The molecular formula is C16H26FNO5P+. The first-order valence-corrected chi connectivity index (χ1v) is 8.72. The van der Waals surface area contributed by atoms with E-state index in [0.717, 1.165) is 6.20 Å². The molecule has 0 saturated heterocycles. The molecule has 0 spiro atoms. The van der Waals surface area contributed by atoms with Crippen molar-refractivity contribution in [1.29, 1.82) is 0 Å². The van der Waals surface area contributed by atoms with Crippen molar-refractivity contribution in [3.8, 4) is 5.75 Å². The Morgan fingerprint density at radius 3 is 2.12 bits per heavy atom. The lowest BCUT2D eigenvalue weighted by atomic mass is 9.64. The number of aliphatic hydroxyl groups excluding tert-OH is 1. The van der Waals surface area contributed by atoms with E-state index < -0.39 is 21.2 Å². The van der Waals surface area contributed by atoms with E-state index in [9.17, 15) is 19.2 Å². The fourth-order valence-corrected chi connectivity index (χ4v) is 3.67. The van der Waals surface area contributed by atoms with Crippen LogP contribution >= 0.6 is 8.25 Å². The van der Waals surface area contributed by atoms with Crippen molar-refractivity contribution >= 4 is 8.25 Å². The highest BCUT2D eigenvalue weighted by Crippen LogP contribution is 2.50. The van der Waals surface area contributed by atoms with Crippen molar-refractivity contribution in [3.05, 3.63) is 23.0 Å². The number of aliphatic hydroxyl groups is 1. The summed E-state index contributed by atoms with van der Waals surface area (Å²) in [6.45, 7) is 11.4. The van der Waals surface area contributed by atoms with E-state index in [0.29, 0.717) is 5.69 Å². The molecular weight excluding hydrogens is 336 g/mol. The molecule has 6 nitrogen and oxygen atoms in total. The number of alkyl halides is 1. The highest BCUT2D eigenvalue weighted by molar-refractivity contribution is 7.32. The van der Waals surface area contributed by atoms with E-state index >= 15 is 0 Å². The minimum Gasteiger partial charge on any atom is -0.506 e. The van der Waals surface area contributed by atoms with E-state index in [1.54, 1.807) is 0 Å². The zero-order valence-electron chi connectivity index (χ0n) is 14.9. The summed E-state index contributed by atoms with van der Waals surface area (Å²) in [6, 6.07) is 0. The molecule has 0 amide bonds. The monoisotopic (exact) mass is 362 g/mol. The maximum atomic E-state index is 14.0. The lowest BCUT2D eigenvalue weighted by Gasteiger charge is -2.40. The van der Waals surface area contributed by atoms with E-state index in [2.05, 4.69) is 9.51 Å². The molecule has 1 aromatic rings. The van der Waals surface area contributed by atoms with Gasteiger partial charge in [-0.1, -0.05) is 46.1 Å². The van der Waals surface area contributed by atoms with Gasteiger partial charge in [0.1, 0.15) is 5.75 Å². The summed E-state index contributed by atoms with van der Waals surface area (Å²) in [6.07, 6.45) is -1.13. The Kier molecular flexibility index (Phi) is 6.44. The van der Waals surface area contributed by atoms with Gasteiger partial charge >= 0.3 is 8.25 Å². The highest BCUT2D eigenvalue weighted by Gasteiger charge is 2.40. The van der Waals surface area contributed by atoms with Crippen LogP contribution in [0.2, 0.25) is 0 Å². The van der Waals surface area contributed by atoms with E-state index in [-0.39, 0.29) is 33.6 Å². The summed E-state index contributed by atoms with van der Waals surface area (Å²) in [5.74, 6) is -0.498. The summed E-state index contributed by atoms with van der Waals surface area (Å²) in [4.78, 5) is 12.9. The summed E-state index contributed by atoms with van der Waals surface area (Å²) in [5, 5.41) is 20.1. The van der Waals surface area contributed by atoms with Crippen molar-refractivity contribution in [2.75, 3.05) is 0 Å². The number of nitrogens with zero attached hydrogens (tertiary/aromatic N) is 1. The molecule has 0 aliphatic heterocycles. The number of aromatic hydroxyl groups is 1. The second-order valence-corrected chi connectivity index (χ2v) is 8.59. The number of pyridine rings is 1. The zero-order chi connectivity index (χ0) is 18.9. The Bertz CT molecular complexity index is 596. The molecule has 0 saturated carbocycles. The quantitative estimate of drug-likeness (QED) is 0.682. The Morgan fingerprint density at radius 1 is 1.25 bits per heavy atom. The van der Waals surface area contributed by atoms with Crippen LogP contribution in [0.3, 0.4) is 0 Å². The van der Waals surface area contributed by atoms with Crippen LogP contribution in [0, 0.1) is 10.8 Å². The van der Waals surface area contributed by atoms with Gasteiger partial charge in [-0.15, -0.1) is 4.89 Å². The van der Waals surface area contributed by atoms with Crippen LogP contribution in [0.15, 0.2) is 6.20 Å². The van der Waals surface area contributed by atoms with E-state index in [4.69, 9.17) is 4.89 Å². The van der Waals surface area contributed by atoms with Crippen molar-refractivity contribution in [2.24, 2.45) is 10.8 Å². The predicted octanol–water partition coefficient (Wildman–Crippen LogP) is 4.09. The standard InChI is InChI=1S/C16H25FNO5P/c1-15(2,3)13(16(4,5)6)11-12(20)10(8-19)9(7-18-11)14(17)23-24(21)22/h7,13-14,19H,8H2,1-6H3,(H-,20,21,22)/p+1. The van der Waals surface area contributed by atoms with Crippen molar-refractivity contribution in [1.82, 2.24) is 4.98 Å². The number of halogens is 1. The largest absolute Gasteiger partial charge is 0.698 e. The Hall–Kier alpha value is -1.14. The summed E-state index contributed by atoms with van der Waals surface area (Å²) in [5.41, 5.74) is -0.516. The summed E-state index contributed by atoms with van der Waals surface area (Å²) >= 11 is 0. The molecule has 0 bridgehead atoms. The molecule has 0 fully saturated rings. The van der Waals surface area contributed by atoms with Crippen LogP contribution in [0.25, 0.3) is 0 Å². The second-order valence-electron chi connectivity index (χ2n) is 7.91. The molecule has 2 atom stereocenters. The first kappa shape index (κ1) is 20.9. The zero-order valence-corrected chi connectivity index (χ0v) is 15.8. The van der Waals surface area contributed by atoms with Crippen LogP contribution in [-0.2, 0) is 15.7 Å². The summed E-state index contributed by atoms with van der Waals surface area (Å²) < 4.78 is 28.8. The van der Waals surface area contributed by atoms with Gasteiger partial charge in [-0.25, -0.2) is 4.39 Å². The minimum absolute atomic E-state index is 0.0946. The fourth-order valence-electron chi connectivity index (χ4n) is 3.40. The van der Waals surface area contributed by atoms with Gasteiger partial charge in [0.25, 0.3) is 6.36 Å². The van der Waals surface area contributed by atoms with Crippen LogP contribution < -0.4 is 0 Å². The molecule has 24 heavy (non-hydrogen) atoms. The maximum absolute atomic E-state index is 14.0. The molecule has 1 heterocycles. The third-order valence-electron chi connectivity index (χ3n) is 3.81. The molecule has 2 unspecified atom stereocenters. The summed E-state index contributed by atoms with van der Waals surface area (Å²) in [7, 11) is -3.16. The lowest BCUT2D eigenvalue weighted by molar-refractivity contribution is 0.0605. The highest BCUT2D eigenvalue weighted by atomic mass is 31.1. The van der Waals surface area contributed by atoms with Gasteiger partial charge in [0.05, 0.1) is 12.3 Å². The smallest absolute Gasteiger partial charge is 0.506 e. The van der Waals surface area contributed by atoms with Crippen molar-refractivity contribution in [2.45, 2.75) is 60.4 Å². The Morgan fingerprint density at radius 2 is 1.75 bits per heavy atom. The van der Waals surface area contributed by atoms with Gasteiger partial charge in [0.2, 0.25) is 0 Å². The topological polar surface area (TPSA) is 99.9 Å². The molecule has 0 aliphatic rings. The third kappa shape index (κ3) is 4.70. The molecule has 1 aromatic heterocycles. The van der Waals surface area contributed by atoms with Gasteiger partial charge in [-0.05, 0) is 10.8 Å². The van der Waals surface area contributed by atoms with Gasteiger partial charge in [-0.2, -0.15) is 0 Å². The van der Waals surface area contributed by atoms with Crippen LogP contribution in [0.4, 0.5) is 4.39 Å². The normalized spacial score (nSPS) is 14.8. The van der Waals surface area contributed by atoms with E-state index in [1.807, 2.05) is 41.5 Å². The molecule has 3 N–H and O–H groups in total. The fraction of sp³-hybridized carbons (Fsp3) is 0.688. The van der Waals surface area contributed by atoms with Crippen LogP contribution in [0.1, 0.15) is 70.6 Å². The van der Waals surface area contributed by atoms with Crippen molar-refractivity contribution < 1.29 is 28.6 Å². The van der Waals surface area contributed by atoms with Gasteiger partial charge < -0.3 is 10.2 Å². The molecule has 0 aliphatic carbocycles. The lowest BCUT2D eigenvalue weighted by Crippen LogP contribution is -2.31. The molecule has 8 heteroatoms. The first-order valence-electron chi connectivity index (χ1n) is 7.59. The number of hydrogen-bond acceptors (Lipinski definition) is 5. The average Bonchev–Trinajstić information content (AvgIpc) is 2.36. The SMILES string of the molecule is CC(C)(C)C(c1ncc(C(F)O[P+](=O)O)c(CO)c1O)C(C)(C)C. The van der Waals surface area contributed by atoms with Crippen LogP contribution in [-0.4, -0.2) is 20.1 Å². The Labute approximate surface area is 142 Å². The maximum Gasteiger partial charge on any atom is 0.698 e. The molecule has 1 rings (SSSR count). The van der Waals surface area contributed by atoms with Gasteiger partial charge in [0, 0.05) is 27.8 Å². The molecule has 0 radical (unpaired) electrons. The average molecular weight is 362 g/mol. The van der Waals surface area contributed by atoms with Gasteiger partial charge in [0.15, 0.2) is 0 Å². The van der Waals surface area contributed by atoms with E-state index in [1.165, 1.54) is 0 Å². The minimum atomic E-state index is -3.16. The number of hydrogen-bond donors (Lipinski definition) is 3. The van der Waals surface area contributed by atoms with Crippen molar-refractivity contribution in [3.63, 3.8) is 0 Å². The molecule has 136 valence electrons. The first-order chi connectivity index (χ1) is 10.8. The molecule has 0 aromatic carbocycles. The number of aromatic nitrogens is 1. The van der Waals surface area contributed by atoms with Gasteiger partial charge in [-0.3, -0.25) is 4.98 Å². The predicted molar refractivity (Wildman–Crippen MR) is 88.2 cm³/mol. The Balaban J connectivity index is 3.51. The second kappa shape index (κ2) is 7.40. The third-order valence-corrected chi connectivity index (χ3v) is 4.18. The number of rotatable bonds is 5. The van der Waals surface area contributed by atoms with Crippen LogP contribution in [0.5, 0.6) is 5.75 Å².